The predicted molar refractivity (Wildman–Crippen MR) is 120 cm³/mol. The molecule has 5 rings (SSSR count). The molecule has 0 saturated carbocycles. The summed E-state index contributed by atoms with van der Waals surface area (Å²) in [5, 5.41) is 7.64. The number of aromatic amines is 1. The van der Waals surface area contributed by atoms with E-state index in [1.165, 1.54) is 42.7 Å². The summed E-state index contributed by atoms with van der Waals surface area (Å²) >= 11 is 6.16. The molecule has 0 bridgehead atoms. The summed E-state index contributed by atoms with van der Waals surface area (Å²) in [7, 11) is 1.74. The Morgan fingerprint density at radius 2 is 1.94 bits per heavy atom. The molecule has 0 aliphatic heterocycles. The Balaban J connectivity index is 1.60. The van der Waals surface area contributed by atoms with Crippen LogP contribution in [0.5, 0.6) is 0 Å². The van der Waals surface area contributed by atoms with E-state index < -0.39 is 28.9 Å². The molecule has 0 aliphatic rings. The van der Waals surface area contributed by atoms with E-state index in [4.69, 9.17) is 11.6 Å². The lowest BCUT2D eigenvalue weighted by Crippen LogP contribution is -2.21. The van der Waals surface area contributed by atoms with Crippen LogP contribution in [0, 0.1) is 0 Å². The van der Waals surface area contributed by atoms with Gasteiger partial charge >= 0.3 is 6.18 Å². The number of anilines is 1. The zero-order valence-electron chi connectivity index (χ0n) is 17.3. The van der Waals surface area contributed by atoms with Crippen molar-refractivity contribution in [3.8, 4) is 5.69 Å². The maximum atomic E-state index is 14.1. The Morgan fingerprint density at radius 1 is 1.15 bits per heavy atom. The van der Waals surface area contributed by atoms with E-state index in [1.807, 2.05) is 0 Å². The summed E-state index contributed by atoms with van der Waals surface area (Å²) in [6.45, 7) is 0. The topological polar surface area (TPSA) is 97.6 Å². The minimum Gasteiger partial charge on any atom is -0.334 e. The van der Waals surface area contributed by atoms with Gasteiger partial charge in [-0.3, -0.25) is 9.59 Å². The minimum absolute atomic E-state index is 0.00845. The van der Waals surface area contributed by atoms with Crippen molar-refractivity contribution in [2.45, 2.75) is 6.18 Å². The van der Waals surface area contributed by atoms with Gasteiger partial charge in [0.25, 0.3) is 11.5 Å². The standard InChI is InChI=1S/C22H14ClF3N6O2/c1-31-10-16(23)14-7-11(8-28-19(14)31)30-21(34)15-9-29-32(18(15)22(24,25)26)17-4-2-3-13-12(17)5-6-27-20(13)33/h2-10H,1H3,(H,27,33)(H,30,34). The van der Waals surface area contributed by atoms with Crippen molar-refractivity contribution in [2.75, 3.05) is 5.32 Å². The molecule has 0 aliphatic carbocycles. The number of carbonyl (C=O) groups is 1. The second-order valence-electron chi connectivity index (χ2n) is 7.50. The summed E-state index contributed by atoms with van der Waals surface area (Å²) in [6, 6.07) is 7.31. The molecule has 34 heavy (non-hydrogen) atoms. The van der Waals surface area contributed by atoms with Crippen LogP contribution >= 0.6 is 11.6 Å². The van der Waals surface area contributed by atoms with E-state index in [1.54, 1.807) is 17.8 Å². The summed E-state index contributed by atoms with van der Waals surface area (Å²) < 4.78 is 44.7. The largest absolute Gasteiger partial charge is 0.434 e. The average molecular weight is 487 g/mol. The van der Waals surface area contributed by atoms with Crippen LogP contribution in [-0.2, 0) is 13.2 Å². The third-order valence-electron chi connectivity index (χ3n) is 5.33. The highest BCUT2D eigenvalue weighted by Crippen LogP contribution is 2.35. The van der Waals surface area contributed by atoms with Crippen molar-refractivity contribution in [1.29, 1.82) is 0 Å². The SMILES string of the molecule is Cn1cc(Cl)c2cc(NC(=O)c3cnn(-c4cccc5c(=O)[nH]ccc45)c3C(F)(F)F)cnc21. The summed E-state index contributed by atoms with van der Waals surface area (Å²) in [5.41, 5.74) is -1.69. The number of H-pyrrole nitrogens is 1. The molecule has 0 unspecified atom stereocenters. The fourth-order valence-corrected chi connectivity index (χ4v) is 4.13. The van der Waals surface area contributed by atoms with Gasteiger partial charge in [0.05, 0.1) is 34.4 Å². The van der Waals surface area contributed by atoms with E-state index in [2.05, 4.69) is 20.4 Å². The molecule has 0 fully saturated rings. The number of amides is 1. The van der Waals surface area contributed by atoms with Gasteiger partial charge in [-0.05, 0) is 24.3 Å². The summed E-state index contributed by atoms with van der Waals surface area (Å²) in [4.78, 5) is 31.7. The number of halogens is 4. The zero-order chi connectivity index (χ0) is 24.2. The third kappa shape index (κ3) is 3.50. The Bertz CT molecular complexity index is 1650. The van der Waals surface area contributed by atoms with Crippen LogP contribution in [0.4, 0.5) is 18.9 Å². The molecule has 0 spiro atoms. The van der Waals surface area contributed by atoms with Crippen molar-refractivity contribution in [1.82, 2.24) is 24.3 Å². The number of fused-ring (bicyclic) bond motifs is 2. The smallest absolute Gasteiger partial charge is 0.334 e. The number of carbonyl (C=O) groups excluding carboxylic acids is 1. The number of rotatable bonds is 3. The maximum absolute atomic E-state index is 14.1. The highest BCUT2D eigenvalue weighted by Gasteiger charge is 2.41. The fourth-order valence-electron chi connectivity index (χ4n) is 3.84. The van der Waals surface area contributed by atoms with Gasteiger partial charge in [0, 0.05) is 35.6 Å². The minimum atomic E-state index is -4.92. The van der Waals surface area contributed by atoms with Crippen molar-refractivity contribution in [3.05, 3.63) is 81.8 Å². The number of pyridine rings is 2. The predicted octanol–water partition coefficient (Wildman–Crippen LogP) is 4.53. The first-order valence-corrected chi connectivity index (χ1v) is 10.2. The van der Waals surface area contributed by atoms with Gasteiger partial charge in [-0.25, -0.2) is 9.67 Å². The van der Waals surface area contributed by atoms with Gasteiger partial charge in [0.1, 0.15) is 5.65 Å². The van der Waals surface area contributed by atoms with Crippen LogP contribution < -0.4 is 10.9 Å². The number of hydrogen-bond donors (Lipinski definition) is 2. The molecule has 0 atom stereocenters. The van der Waals surface area contributed by atoms with Gasteiger partial charge in [-0.15, -0.1) is 0 Å². The van der Waals surface area contributed by atoms with Gasteiger partial charge in [-0.1, -0.05) is 17.7 Å². The van der Waals surface area contributed by atoms with Gasteiger partial charge < -0.3 is 14.9 Å². The Hall–Kier alpha value is -4.12. The number of benzene rings is 1. The molecule has 2 N–H and O–H groups in total. The van der Waals surface area contributed by atoms with Crippen molar-refractivity contribution in [2.24, 2.45) is 7.05 Å². The average Bonchev–Trinajstić information content (AvgIpc) is 3.35. The number of aromatic nitrogens is 5. The van der Waals surface area contributed by atoms with Crippen molar-refractivity contribution >= 4 is 45.0 Å². The first-order valence-electron chi connectivity index (χ1n) is 9.83. The molecule has 1 aromatic carbocycles. The lowest BCUT2D eigenvalue weighted by molar-refractivity contribution is -0.143. The lowest BCUT2D eigenvalue weighted by Gasteiger charge is -2.14. The second kappa shape index (κ2) is 7.73. The molecule has 8 nitrogen and oxygen atoms in total. The highest BCUT2D eigenvalue weighted by atomic mass is 35.5. The molecule has 4 aromatic heterocycles. The highest BCUT2D eigenvalue weighted by molar-refractivity contribution is 6.35. The van der Waals surface area contributed by atoms with Gasteiger partial charge in [-0.2, -0.15) is 18.3 Å². The van der Waals surface area contributed by atoms with E-state index in [-0.39, 0.29) is 22.1 Å². The van der Waals surface area contributed by atoms with E-state index in [0.717, 1.165) is 6.20 Å². The maximum Gasteiger partial charge on any atom is 0.434 e. The second-order valence-corrected chi connectivity index (χ2v) is 7.91. The van der Waals surface area contributed by atoms with E-state index in [9.17, 15) is 22.8 Å². The first kappa shape index (κ1) is 21.7. The third-order valence-corrected chi connectivity index (χ3v) is 5.63. The number of nitrogens with zero attached hydrogens (tertiary/aromatic N) is 4. The van der Waals surface area contributed by atoms with Crippen LogP contribution in [0.3, 0.4) is 0 Å². The molecule has 4 heterocycles. The van der Waals surface area contributed by atoms with Crippen LogP contribution in [0.2, 0.25) is 5.02 Å². The van der Waals surface area contributed by atoms with Gasteiger partial charge in [0.15, 0.2) is 5.69 Å². The summed E-state index contributed by atoms with van der Waals surface area (Å²) in [5.74, 6) is -1.02. The number of nitrogens with one attached hydrogen (secondary N) is 2. The molecule has 0 radical (unpaired) electrons. The van der Waals surface area contributed by atoms with Crippen LogP contribution in [0.1, 0.15) is 16.1 Å². The van der Waals surface area contributed by atoms with Crippen LogP contribution in [0.25, 0.3) is 27.5 Å². The fraction of sp³-hybridized carbons (Fsp3) is 0.0909. The number of alkyl halides is 3. The Morgan fingerprint density at radius 3 is 2.71 bits per heavy atom. The molecule has 172 valence electrons. The quantitative estimate of drug-likeness (QED) is 0.391. The monoisotopic (exact) mass is 486 g/mol. The van der Waals surface area contributed by atoms with Crippen LogP contribution in [0.15, 0.2) is 59.9 Å². The Kier molecular flexibility index (Phi) is 4.94. The van der Waals surface area contributed by atoms with E-state index in [0.29, 0.717) is 20.7 Å². The number of hydrogen-bond acceptors (Lipinski definition) is 4. The molecule has 0 saturated heterocycles. The normalized spacial score (nSPS) is 11.9. The molecule has 12 heteroatoms. The van der Waals surface area contributed by atoms with Crippen LogP contribution in [-0.4, -0.2) is 30.2 Å². The summed E-state index contributed by atoms with van der Waals surface area (Å²) in [6.07, 6.45) is 0.205. The van der Waals surface area contributed by atoms with Gasteiger partial charge in [0.2, 0.25) is 0 Å². The van der Waals surface area contributed by atoms with Crippen molar-refractivity contribution in [3.63, 3.8) is 0 Å². The number of aryl methyl sites for hydroxylation is 1. The lowest BCUT2D eigenvalue weighted by atomic mass is 10.1. The molecular weight excluding hydrogens is 473 g/mol. The Labute approximate surface area is 193 Å². The molecule has 5 aromatic rings. The molecular formula is C22H14ClF3N6O2. The van der Waals surface area contributed by atoms with Crippen molar-refractivity contribution < 1.29 is 18.0 Å². The van der Waals surface area contributed by atoms with E-state index >= 15 is 0 Å². The molecule has 1 amide bonds. The zero-order valence-corrected chi connectivity index (χ0v) is 18.1. The first-order chi connectivity index (χ1) is 16.1.